The summed E-state index contributed by atoms with van der Waals surface area (Å²) in [5.41, 5.74) is 0.386. The quantitative estimate of drug-likeness (QED) is 0.189. The molecule has 2 aliphatic rings. The molecule has 2 saturated heterocycles. The van der Waals surface area contributed by atoms with Gasteiger partial charge in [0, 0.05) is 48.5 Å². The molecule has 53 heavy (non-hydrogen) atoms. The minimum Gasteiger partial charge on any atom is -0.463 e. The summed E-state index contributed by atoms with van der Waals surface area (Å²) in [7, 11) is 0. The third kappa shape index (κ3) is 12.5. The number of nitrogens with zero attached hydrogens (tertiary/aromatic N) is 1. The molecule has 0 aromatic heterocycles. The van der Waals surface area contributed by atoms with Crippen molar-refractivity contribution in [3.63, 3.8) is 0 Å². The maximum atomic E-state index is 12.4. The summed E-state index contributed by atoms with van der Waals surface area (Å²) in [6.07, 6.45) is -16.9. The van der Waals surface area contributed by atoms with Gasteiger partial charge in [-0.3, -0.25) is 33.6 Å². The number of carbonyl (C=O) groups is 7. The van der Waals surface area contributed by atoms with Crippen LogP contribution in [0.5, 0.6) is 0 Å². The van der Waals surface area contributed by atoms with Gasteiger partial charge in [-0.2, -0.15) is 5.26 Å². The van der Waals surface area contributed by atoms with Crippen LogP contribution in [0.1, 0.15) is 60.1 Å². The van der Waals surface area contributed by atoms with Crippen LogP contribution >= 0.6 is 0 Å². The van der Waals surface area contributed by atoms with Gasteiger partial charge in [-0.25, -0.2) is 0 Å². The van der Waals surface area contributed by atoms with E-state index in [1.54, 1.807) is 30.3 Å². The van der Waals surface area contributed by atoms with Crippen molar-refractivity contribution in [2.45, 2.75) is 116 Å². The molecule has 0 N–H and O–H groups in total. The van der Waals surface area contributed by atoms with Gasteiger partial charge in [-0.05, 0) is 5.56 Å². The summed E-state index contributed by atoms with van der Waals surface area (Å²) in [4.78, 5) is 85.3. The van der Waals surface area contributed by atoms with E-state index in [1.807, 2.05) is 6.07 Å². The molecule has 290 valence electrons. The molecule has 19 heteroatoms. The average Bonchev–Trinajstić information content (AvgIpc) is 3.05. The summed E-state index contributed by atoms with van der Waals surface area (Å²) >= 11 is 0. The Labute approximate surface area is 303 Å². The number of hydrogen-bond donors (Lipinski definition) is 0. The zero-order chi connectivity index (χ0) is 39.4. The first-order valence-corrected chi connectivity index (χ1v) is 16.2. The van der Waals surface area contributed by atoms with E-state index in [0.29, 0.717) is 5.56 Å². The molecular weight excluding hydrogens is 710 g/mol. The molecule has 2 heterocycles. The van der Waals surface area contributed by atoms with Crippen molar-refractivity contribution in [1.82, 2.24) is 0 Å². The van der Waals surface area contributed by atoms with Crippen LogP contribution in [-0.2, 0) is 85.7 Å². The molecule has 19 nitrogen and oxygen atoms in total. The smallest absolute Gasteiger partial charge is 0.303 e. The van der Waals surface area contributed by atoms with E-state index in [4.69, 9.17) is 52.1 Å². The van der Waals surface area contributed by atoms with E-state index >= 15 is 0 Å². The van der Waals surface area contributed by atoms with E-state index < -0.39 is 123 Å². The molecule has 0 spiro atoms. The normalized spacial score (nSPS) is 28.5. The third-order valence-corrected chi connectivity index (χ3v) is 7.36. The lowest BCUT2D eigenvalue weighted by atomic mass is 9.97. The van der Waals surface area contributed by atoms with Crippen LogP contribution in [0.2, 0.25) is 0 Å². The van der Waals surface area contributed by atoms with Crippen molar-refractivity contribution >= 4 is 41.8 Å². The number of hydrogen-bond acceptors (Lipinski definition) is 19. The van der Waals surface area contributed by atoms with Crippen LogP contribution in [0, 0.1) is 11.3 Å². The molecule has 1 aromatic carbocycles. The highest BCUT2D eigenvalue weighted by Crippen LogP contribution is 2.35. The number of esters is 7. The lowest BCUT2D eigenvalue weighted by Gasteiger charge is -2.46. The minimum absolute atomic E-state index is 0.386. The van der Waals surface area contributed by atoms with Crippen molar-refractivity contribution in [3.8, 4) is 6.07 Å². The maximum Gasteiger partial charge on any atom is 0.303 e. The summed E-state index contributed by atoms with van der Waals surface area (Å²) in [5.74, 6) is -6.00. The van der Waals surface area contributed by atoms with Crippen LogP contribution < -0.4 is 0 Å². The molecule has 0 amide bonds. The van der Waals surface area contributed by atoms with Crippen molar-refractivity contribution in [1.29, 1.82) is 5.26 Å². The standard InChI is InChI=1S/C34H41NO18/c1-16(36)43-14-25-27(45-17(2)37)29(47-19(4)39)31(49-21(6)41)33(52-25)44-15-26-28(46-18(3)38)30(48-20(5)40)32(50-22(7)42)34(53-26)51-24(13-35)23-11-9-8-10-12-23/h8-12,24-34H,14-15H2,1-7H3/t24-,25+,26+,27+,28+,29-,30-,31+,32+,33+,34+/m0/s1. The zero-order valence-corrected chi connectivity index (χ0v) is 29.9. The molecule has 3 rings (SSSR count). The van der Waals surface area contributed by atoms with Gasteiger partial charge in [0.25, 0.3) is 0 Å². The van der Waals surface area contributed by atoms with Gasteiger partial charge in [0.2, 0.25) is 6.29 Å². The van der Waals surface area contributed by atoms with Gasteiger partial charge < -0.3 is 52.1 Å². The van der Waals surface area contributed by atoms with E-state index in [0.717, 1.165) is 48.5 Å². The van der Waals surface area contributed by atoms with Crippen LogP contribution in [0.3, 0.4) is 0 Å². The molecule has 0 radical (unpaired) electrons. The highest BCUT2D eigenvalue weighted by molar-refractivity contribution is 5.69. The largest absolute Gasteiger partial charge is 0.463 e. The Morgan fingerprint density at radius 2 is 0.962 bits per heavy atom. The second-order valence-electron chi connectivity index (χ2n) is 11.7. The van der Waals surface area contributed by atoms with Crippen molar-refractivity contribution in [2.24, 2.45) is 0 Å². The Hall–Kier alpha value is -5.16. The number of benzene rings is 1. The van der Waals surface area contributed by atoms with E-state index in [9.17, 15) is 38.8 Å². The Bertz CT molecular complexity index is 1530. The molecule has 2 fully saturated rings. The zero-order valence-electron chi connectivity index (χ0n) is 29.9. The number of nitriles is 1. The van der Waals surface area contributed by atoms with Gasteiger partial charge in [-0.1, -0.05) is 30.3 Å². The highest BCUT2D eigenvalue weighted by Gasteiger charge is 2.56. The first-order valence-electron chi connectivity index (χ1n) is 16.2. The van der Waals surface area contributed by atoms with Gasteiger partial charge in [-0.15, -0.1) is 0 Å². The molecular formula is C34H41NO18. The summed E-state index contributed by atoms with van der Waals surface area (Å²) in [6, 6.07) is 10.2. The molecule has 1 aromatic rings. The second kappa shape index (κ2) is 19.6. The molecule has 2 aliphatic heterocycles. The molecule has 0 unspecified atom stereocenters. The Morgan fingerprint density at radius 1 is 0.566 bits per heavy atom. The van der Waals surface area contributed by atoms with Crippen LogP contribution in [0.15, 0.2) is 30.3 Å². The minimum atomic E-state index is -1.69. The first kappa shape index (κ1) is 42.3. The highest BCUT2D eigenvalue weighted by atomic mass is 16.8. The Kier molecular flexibility index (Phi) is 15.6. The van der Waals surface area contributed by atoms with Gasteiger partial charge in [0.05, 0.1) is 12.7 Å². The number of carbonyl (C=O) groups excluding carboxylic acids is 7. The predicted molar refractivity (Wildman–Crippen MR) is 169 cm³/mol. The Balaban J connectivity index is 2.08. The average molecular weight is 752 g/mol. The lowest BCUT2D eigenvalue weighted by molar-refractivity contribution is -0.337. The summed E-state index contributed by atoms with van der Waals surface area (Å²) < 4.78 is 61.9. The third-order valence-electron chi connectivity index (χ3n) is 7.36. The first-order chi connectivity index (χ1) is 25.0. The fourth-order valence-electron chi connectivity index (χ4n) is 5.56. The van der Waals surface area contributed by atoms with Crippen LogP contribution in [-0.4, -0.2) is 116 Å². The Morgan fingerprint density at radius 3 is 1.40 bits per heavy atom. The van der Waals surface area contributed by atoms with Crippen LogP contribution in [0.25, 0.3) is 0 Å². The molecule has 0 saturated carbocycles. The van der Waals surface area contributed by atoms with E-state index in [1.165, 1.54) is 0 Å². The molecule has 0 bridgehead atoms. The number of rotatable bonds is 14. The van der Waals surface area contributed by atoms with Crippen molar-refractivity contribution < 1.29 is 85.7 Å². The van der Waals surface area contributed by atoms with Crippen LogP contribution in [0.4, 0.5) is 0 Å². The van der Waals surface area contributed by atoms with E-state index in [-0.39, 0.29) is 0 Å². The topological polar surface area (TPSA) is 245 Å². The second-order valence-corrected chi connectivity index (χ2v) is 11.7. The molecule has 11 atom stereocenters. The van der Waals surface area contributed by atoms with Crippen molar-refractivity contribution in [3.05, 3.63) is 35.9 Å². The molecule has 0 aliphatic carbocycles. The predicted octanol–water partition coefficient (Wildman–Crippen LogP) is 0.888. The monoisotopic (exact) mass is 751 g/mol. The summed E-state index contributed by atoms with van der Waals surface area (Å²) in [6.45, 7) is 6.18. The fraction of sp³-hybridized carbons (Fsp3) is 0.588. The van der Waals surface area contributed by atoms with Gasteiger partial charge in [0.1, 0.15) is 18.8 Å². The fourth-order valence-corrected chi connectivity index (χ4v) is 5.56. The summed E-state index contributed by atoms with van der Waals surface area (Å²) in [5, 5.41) is 9.99. The van der Waals surface area contributed by atoms with Gasteiger partial charge in [0.15, 0.2) is 49.0 Å². The van der Waals surface area contributed by atoms with Crippen molar-refractivity contribution in [2.75, 3.05) is 13.2 Å². The number of ether oxygens (including phenoxy) is 11. The maximum absolute atomic E-state index is 12.4. The SMILES string of the molecule is CC(=O)OC[C@H]1O[C@@H](OC[C@H]2O[C@@H](O[C@@H](C#N)c3ccccc3)[C@H](OC(C)=O)[C@@H](OC(C)=O)[C@@H]2OC(C)=O)[C@H](OC(C)=O)[C@@H](OC(C)=O)[C@@H]1OC(C)=O. The lowest BCUT2D eigenvalue weighted by Crippen LogP contribution is -2.65. The van der Waals surface area contributed by atoms with E-state index in [2.05, 4.69) is 0 Å². The van der Waals surface area contributed by atoms with Gasteiger partial charge >= 0.3 is 41.8 Å².